The van der Waals surface area contributed by atoms with Crippen molar-refractivity contribution in [1.82, 2.24) is 10.3 Å². The van der Waals surface area contributed by atoms with Crippen LogP contribution in [0.25, 0.3) is 0 Å². The van der Waals surface area contributed by atoms with Gasteiger partial charge in [-0.15, -0.1) is 0 Å². The van der Waals surface area contributed by atoms with Gasteiger partial charge >= 0.3 is 5.97 Å². The van der Waals surface area contributed by atoms with Gasteiger partial charge in [0.05, 0.1) is 7.11 Å². The molecule has 2 N–H and O–H groups in total. The predicted octanol–water partition coefficient (Wildman–Crippen LogP) is 4.45. The summed E-state index contributed by atoms with van der Waals surface area (Å²) in [6.07, 6.45) is -3.75. The Bertz CT molecular complexity index is 1280. The lowest BCUT2D eigenvalue weighted by Crippen LogP contribution is -2.42. The van der Waals surface area contributed by atoms with Crippen molar-refractivity contribution >= 4 is 11.9 Å². The van der Waals surface area contributed by atoms with Gasteiger partial charge in [0, 0.05) is 23.9 Å². The average molecular weight is 549 g/mol. The van der Waals surface area contributed by atoms with Crippen LogP contribution in [0.4, 0.5) is 13.2 Å². The number of nitrogens with one attached hydrogen (secondary N) is 1. The summed E-state index contributed by atoms with van der Waals surface area (Å²) in [7, 11) is 1.30. The fraction of sp³-hybridized carbons (Fsp3) is 0.296. The summed E-state index contributed by atoms with van der Waals surface area (Å²) < 4.78 is 61.2. The van der Waals surface area contributed by atoms with E-state index in [0.29, 0.717) is 5.75 Å². The van der Waals surface area contributed by atoms with Gasteiger partial charge in [-0.3, -0.25) is 4.79 Å². The Hall–Kier alpha value is -4.48. The second-order valence-corrected chi connectivity index (χ2v) is 8.28. The van der Waals surface area contributed by atoms with E-state index in [1.54, 1.807) is 30.3 Å². The molecule has 0 spiro atoms. The molecule has 2 aromatic carbocycles. The minimum absolute atomic E-state index is 0.0177. The first-order valence-electron chi connectivity index (χ1n) is 11.8. The Morgan fingerprint density at radius 3 is 2.44 bits per heavy atom. The summed E-state index contributed by atoms with van der Waals surface area (Å²) in [5.41, 5.74) is -0.206. The van der Waals surface area contributed by atoms with Crippen LogP contribution in [0.3, 0.4) is 0 Å². The van der Waals surface area contributed by atoms with E-state index in [1.807, 2.05) is 0 Å². The maximum Gasteiger partial charge on any atom is 0.328 e. The molecule has 0 aliphatic rings. The molecule has 0 radical (unpaired) electrons. The number of esters is 1. The van der Waals surface area contributed by atoms with E-state index in [0.717, 1.165) is 12.1 Å². The molecule has 39 heavy (non-hydrogen) atoms. The van der Waals surface area contributed by atoms with Crippen LogP contribution in [0.2, 0.25) is 0 Å². The number of amides is 1. The fourth-order valence-electron chi connectivity index (χ4n) is 3.52. The molecule has 1 aromatic heterocycles. The largest absolute Gasteiger partial charge is 0.503 e. The van der Waals surface area contributed by atoms with Crippen LogP contribution in [0.15, 0.2) is 60.8 Å². The molecule has 3 atom stereocenters. The van der Waals surface area contributed by atoms with Crippen molar-refractivity contribution in [2.45, 2.75) is 38.5 Å². The summed E-state index contributed by atoms with van der Waals surface area (Å²) in [4.78, 5) is 29.3. The van der Waals surface area contributed by atoms with Gasteiger partial charge in [0.15, 0.2) is 23.3 Å². The van der Waals surface area contributed by atoms with Crippen LogP contribution in [-0.2, 0) is 9.53 Å². The molecule has 0 saturated carbocycles. The van der Waals surface area contributed by atoms with Gasteiger partial charge in [-0.25, -0.2) is 22.9 Å². The first-order valence-corrected chi connectivity index (χ1v) is 11.8. The number of rotatable bonds is 12. The van der Waals surface area contributed by atoms with Crippen LogP contribution in [0.5, 0.6) is 23.0 Å². The van der Waals surface area contributed by atoms with E-state index in [9.17, 15) is 27.9 Å². The maximum atomic E-state index is 14.0. The Morgan fingerprint density at radius 2 is 1.77 bits per heavy atom. The number of pyridine rings is 1. The SMILES string of the molecule is COc1ccnc(C(=O)N[C@@H](C)C(=O)O[C@@H](C)[C@H](Oc2ccccc2)c2ccc(F)cc2OCC(F)F)c1O. The molecule has 0 fully saturated rings. The van der Waals surface area contributed by atoms with Gasteiger partial charge in [-0.1, -0.05) is 18.2 Å². The number of hydrogen-bond donors (Lipinski definition) is 2. The Morgan fingerprint density at radius 1 is 1.05 bits per heavy atom. The maximum absolute atomic E-state index is 14.0. The van der Waals surface area contributed by atoms with Gasteiger partial charge in [0.2, 0.25) is 0 Å². The van der Waals surface area contributed by atoms with Gasteiger partial charge in [-0.05, 0) is 38.1 Å². The summed E-state index contributed by atoms with van der Waals surface area (Å²) in [5.74, 6) is -2.80. The Labute approximate surface area is 222 Å². The number of hydrogen-bond acceptors (Lipinski definition) is 8. The third kappa shape index (κ3) is 7.76. The van der Waals surface area contributed by atoms with Gasteiger partial charge in [0.1, 0.15) is 36.1 Å². The lowest BCUT2D eigenvalue weighted by molar-refractivity contribution is -0.154. The molecule has 3 aromatic rings. The number of aromatic hydroxyl groups is 1. The van der Waals surface area contributed by atoms with Crippen LogP contribution < -0.4 is 19.5 Å². The molecule has 1 heterocycles. The molecule has 9 nitrogen and oxygen atoms in total. The predicted molar refractivity (Wildman–Crippen MR) is 133 cm³/mol. The Balaban J connectivity index is 1.81. The van der Waals surface area contributed by atoms with E-state index in [-0.39, 0.29) is 22.8 Å². The third-order valence-electron chi connectivity index (χ3n) is 5.40. The molecule has 0 aliphatic heterocycles. The number of benzene rings is 2. The number of halogens is 3. The van der Waals surface area contributed by atoms with Crippen LogP contribution in [0, 0.1) is 5.82 Å². The first-order chi connectivity index (χ1) is 18.6. The summed E-state index contributed by atoms with van der Waals surface area (Å²) in [5, 5.41) is 12.5. The molecule has 0 bridgehead atoms. The standard InChI is InChI=1S/C27H27F3N2O7/c1-15(32-26(34)23-24(33)20(36-3)11-12-31-23)27(35)38-16(2)25(39-18-7-5-4-6-8-18)19-10-9-17(28)13-21(19)37-14-22(29)30/h4-13,15-16,22,25,33H,14H2,1-3H3,(H,32,34)/t15-,16-,25-/m0/s1. The number of aromatic nitrogens is 1. The zero-order chi connectivity index (χ0) is 28.5. The zero-order valence-electron chi connectivity index (χ0n) is 21.3. The fourth-order valence-corrected chi connectivity index (χ4v) is 3.52. The lowest BCUT2D eigenvalue weighted by atomic mass is 10.0. The van der Waals surface area contributed by atoms with Crippen molar-refractivity contribution < 1.29 is 46.8 Å². The molecule has 1 amide bonds. The van der Waals surface area contributed by atoms with Crippen molar-refractivity contribution in [3.63, 3.8) is 0 Å². The van der Waals surface area contributed by atoms with Crippen molar-refractivity contribution in [3.05, 3.63) is 77.9 Å². The number of carbonyl (C=O) groups is 2. The normalized spacial score (nSPS) is 13.2. The summed E-state index contributed by atoms with van der Waals surface area (Å²) in [6.45, 7) is 1.85. The zero-order valence-corrected chi connectivity index (χ0v) is 21.3. The van der Waals surface area contributed by atoms with Gasteiger partial charge < -0.3 is 29.4 Å². The topological polar surface area (TPSA) is 116 Å². The molecule has 0 aliphatic carbocycles. The number of alkyl halides is 2. The highest BCUT2D eigenvalue weighted by Crippen LogP contribution is 2.34. The molecule has 12 heteroatoms. The highest BCUT2D eigenvalue weighted by molar-refractivity contribution is 5.97. The van der Waals surface area contributed by atoms with E-state index in [2.05, 4.69) is 10.3 Å². The number of para-hydroxylation sites is 1. The van der Waals surface area contributed by atoms with Gasteiger partial charge in [-0.2, -0.15) is 0 Å². The minimum Gasteiger partial charge on any atom is -0.503 e. The van der Waals surface area contributed by atoms with Crippen molar-refractivity contribution in [2.24, 2.45) is 0 Å². The van der Waals surface area contributed by atoms with E-state index < -0.39 is 54.7 Å². The third-order valence-corrected chi connectivity index (χ3v) is 5.40. The highest BCUT2D eigenvalue weighted by Gasteiger charge is 2.31. The lowest BCUT2D eigenvalue weighted by Gasteiger charge is -2.28. The minimum atomic E-state index is -2.81. The molecule has 208 valence electrons. The van der Waals surface area contributed by atoms with Crippen molar-refractivity contribution in [1.29, 1.82) is 0 Å². The van der Waals surface area contributed by atoms with Crippen LogP contribution >= 0.6 is 0 Å². The van der Waals surface area contributed by atoms with E-state index in [1.165, 1.54) is 39.3 Å². The second kappa shape index (κ2) is 13.4. The van der Waals surface area contributed by atoms with Crippen LogP contribution in [0.1, 0.15) is 36.0 Å². The molecular weight excluding hydrogens is 521 g/mol. The van der Waals surface area contributed by atoms with Crippen LogP contribution in [-0.4, -0.2) is 54.3 Å². The monoisotopic (exact) mass is 548 g/mol. The number of nitrogens with zero attached hydrogens (tertiary/aromatic N) is 1. The molecular formula is C27H27F3N2O7. The highest BCUT2D eigenvalue weighted by atomic mass is 19.3. The molecule has 0 unspecified atom stereocenters. The quantitative estimate of drug-likeness (QED) is 0.319. The molecule has 3 rings (SSSR count). The summed E-state index contributed by atoms with van der Waals surface area (Å²) in [6, 6.07) is 11.9. The smallest absolute Gasteiger partial charge is 0.328 e. The Kier molecular flexibility index (Phi) is 9.96. The number of ether oxygens (including phenoxy) is 4. The van der Waals surface area contributed by atoms with E-state index in [4.69, 9.17) is 18.9 Å². The molecule has 0 saturated heterocycles. The number of carbonyl (C=O) groups excluding carboxylic acids is 2. The van der Waals surface area contributed by atoms with Crippen molar-refractivity contribution in [3.8, 4) is 23.0 Å². The average Bonchev–Trinajstić information content (AvgIpc) is 2.91. The van der Waals surface area contributed by atoms with Gasteiger partial charge in [0.25, 0.3) is 12.3 Å². The second-order valence-electron chi connectivity index (χ2n) is 8.28. The first kappa shape index (κ1) is 29.1. The summed E-state index contributed by atoms with van der Waals surface area (Å²) >= 11 is 0. The number of methoxy groups -OCH3 is 1. The van der Waals surface area contributed by atoms with Crippen molar-refractivity contribution in [2.75, 3.05) is 13.7 Å². The van der Waals surface area contributed by atoms with E-state index >= 15 is 0 Å².